The van der Waals surface area contributed by atoms with Gasteiger partial charge >= 0.3 is 6.18 Å². The Morgan fingerprint density at radius 3 is 2.38 bits per heavy atom. The molecule has 0 unspecified atom stereocenters. The Morgan fingerprint density at radius 1 is 1.54 bits per heavy atom. The molecule has 74 valence electrons. The van der Waals surface area contributed by atoms with Crippen LogP contribution in [0, 0.1) is 6.92 Å². The molecule has 13 heavy (non-hydrogen) atoms. The zero-order chi connectivity index (χ0) is 10.2. The SMILES string of the molecule is Cc1cc(Br)oc1[C@H](O)C(F)(F)F. The second-order valence-electron chi connectivity index (χ2n) is 2.54. The maximum atomic E-state index is 12.0. The van der Waals surface area contributed by atoms with E-state index in [1.165, 1.54) is 13.0 Å². The average molecular weight is 259 g/mol. The Balaban J connectivity index is 3.01. The quantitative estimate of drug-likeness (QED) is 0.841. The molecule has 0 fully saturated rings. The molecular weight excluding hydrogens is 253 g/mol. The Hall–Kier alpha value is -0.490. The lowest BCUT2D eigenvalue weighted by Crippen LogP contribution is -2.20. The van der Waals surface area contributed by atoms with E-state index >= 15 is 0 Å². The van der Waals surface area contributed by atoms with E-state index in [2.05, 4.69) is 20.3 Å². The summed E-state index contributed by atoms with van der Waals surface area (Å²) in [6.07, 6.45) is -7.25. The largest absolute Gasteiger partial charge is 0.451 e. The summed E-state index contributed by atoms with van der Waals surface area (Å²) in [4.78, 5) is 0. The maximum Gasteiger partial charge on any atom is 0.421 e. The number of alkyl halides is 3. The third-order valence-electron chi connectivity index (χ3n) is 1.48. The van der Waals surface area contributed by atoms with Crippen molar-refractivity contribution in [1.82, 2.24) is 0 Å². The van der Waals surface area contributed by atoms with Gasteiger partial charge in [-0.25, -0.2) is 0 Å². The Bertz CT molecular complexity index is 305. The summed E-state index contributed by atoms with van der Waals surface area (Å²) in [7, 11) is 0. The van der Waals surface area contributed by atoms with Crippen molar-refractivity contribution in [3.63, 3.8) is 0 Å². The van der Waals surface area contributed by atoms with Gasteiger partial charge in [0.15, 0.2) is 4.67 Å². The van der Waals surface area contributed by atoms with E-state index in [9.17, 15) is 13.2 Å². The third-order valence-corrected chi connectivity index (χ3v) is 1.88. The fourth-order valence-electron chi connectivity index (χ4n) is 0.876. The van der Waals surface area contributed by atoms with E-state index in [0.717, 1.165) is 0 Å². The first kappa shape index (κ1) is 10.6. The molecule has 0 radical (unpaired) electrons. The number of rotatable bonds is 1. The van der Waals surface area contributed by atoms with Crippen molar-refractivity contribution in [2.75, 3.05) is 0 Å². The van der Waals surface area contributed by atoms with Crippen molar-refractivity contribution in [2.24, 2.45) is 0 Å². The number of aliphatic hydroxyl groups excluding tert-OH is 1. The molecule has 1 aromatic heterocycles. The summed E-state index contributed by atoms with van der Waals surface area (Å²) >= 11 is 2.87. The van der Waals surface area contributed by atoms with Crippen LogP contribution in [-0.2, 0) is 0 Å². The minimum absolute atomic E-state index is 0.170. The van der Waals surface area contributed by atoms with Crippen molar-refractivity contribution in [2.45, 2.75) is 19.2 Å². The maximum absolute atomic E-state index is 12.0. The smallest absolute Gasteiger partial charge is 0.421 e. The van der Waals surface area contributed by atoms with Gasteiger partial charge in [-0.2, -0.15) is 13.2 Å². The molecule has 6 heteroatoms. The van der Waals surface area contributed by atoms with Crippen molar-refractivity contribution >= 4 is 15.9 Å². The molecule has 1 heterocycles. The van der Waals surface area contributed by atoms with Gasteiger partial charge in [-0.15, -0.1) is 0 Å². The number of halogens is 4. The van der Waals surface area contributed by atoms with Crippen LogP contribution in [0.4, 0.5) is 13.2 Å². The van der Waals surface area contributed by atoms with Crippen LogP contribution in [0.2, 0.25) is 0 Å². The van der Waals surface area contributed by atoms with E-state index in [1.54, 1.807) is 0 Å². The van der Waals surface area contributed by atoms with E-state index in [0.29, 0.717) is 0 Å². The lowest BCUT2D eigenvalue weighted by molar-refractivity contribution is -0.212. The Morgan fingerprint density at radius 2 is 2.08 bits per heavy atom. The molecule has 0 spiro atoms. The lowest BCUT2D eigenvalue weighted by atomic mass is 10.2. The number of hydrogen-bond acceptors (Lipinski definition) is 2. The fourth-order valence-corrected chi connectivity index (χ4v) is 1.39. The average Bonchev–Trinajstić information content (AvgIpc) is 2.26. The van der Waals surface area contributed by atoms with E-state index in [4.69, 9.17) is 5.11 Å². The summed E-state index contributed by atoms with van der Waals surface area (Å²) in [5, 5.41) is 8.81. The standard InChI is InChI=1S/C7H6BrF3O2/c1-3-2-4(8)13-5(3)6(12)7(9,10)11/h2,6,12H,1H3/t6-/m0/s1. The van der Waals surface area contributed by atoms with E-state index in [-0.39, 0.29) is 10.2 Å². The topological polar surface area (TPSA) is 33.4 Å². The van der Waals surface area contributed by atoms with Crippen LogP contribution in [0.1, 0.15) is 17.4 Å². The second-order valence-corrected chi connectivity index (χ2v) is 3.32. The van der Waals surface area contributed by atoms with Crippen LogP contribution in [0.3, 0.4) is 0 Å². The van der Waals surface area contributed by atoms with Crippen molar-refractivity contribution in [1.29, 1.82) is 0 Å². The van der Waals surface area contributed by atoms with Gasteiger partial charge in [-0.1, -0.05) is 0 Å². The molecule has 1 rings (SSSR count). The third kappa shape index (κ3) is 2.25. The normalized spacial score (nSPS) is 14.6. The molecule has 0 aliphatic rings. The van der Waals surface area contributed by atoms with Crippen molar-refractivity contribution < 1.29 is 22.7 Å². The molecule has 0 aromatic carbocycles. The molecule has 1 atom stereocenters. The van der Waals surface area contributed by atoms with E-state index < -0.39 is 18.0 Å². The van der Waals surface area contributed by atoms with Crippen LogP contribution in [0.15, 0.2) is 15.2 Å². The summed E-state index contributed by atoms with van der Waals surface area (Å²) in [6.45, 7) is 1.43. The summed E-state index contributed by atoms with van der Waals surface area (Å²) in [5.41, 5.74) is 0.261. The van der Waals surface area contributed by atoms with Crippen molar-refractivity contribution in [3.8, 4) is 0 Å². The van der Waals surface area contributed by atoms with Crippen LogP contribution < -0.4 is 0 Å². The fraction of sp³-hybridized carbons (Fsp3) is 0.429. The van der Waals surface area contributed by atoms with Crippen LogP contribution in [0.5, 0.6) is 0 Å². The van der Waals surface area contributed by atoms with Gasteiger partial charge in [-0.3, -0.25) is 0 Å². The highest BCUT2D eigenvalue weighted by molar-refractivity contribution is 9.10. The zero-order valence-corrected chi connectivity index (χ0v) is 8.11. The first-order chi connectivity index (χ1) is 5.82. The van der Waals surface area contributed by atoms with Crippen LogP contribution in [-0.4, -0.2) is 11.3 Å². The van der Waals surface area contributed by atoms with Gasteiger partial charge in [0.1, 0.15) is 5.76 Å². The molecule has 2 nitrogen and oxygen atoms in total. The predicted molar refractivity (Wildman–Crippen MR) is 42.2 cm³/mol. The Labute approximate surface area is 80.5 Å². The molecule has 0 saturated heterocycles. The minimum Gasteiger partial charge on any atom is -0.451 e. The monoisotopic (exact) mass is 258 g/mol. The number of hydrogen-bond donors (Lipinski definition) is 1. The summed E-state index contributed by atoms with van der Waals surface area (Å²) in [5.74, 6) is -0.473. The van der Waals surface area contributed by atoms with Gasteiger partial charge in [0.25, 0.3) is 0 Å². The van der Waals surface area contributed by atoms with Gasteiger partial charge in [-0.05, 0) is 34.5 Å². The highest BCUT2D eigenvalue weighted by atomic mass is 79.9. The van der Waals surface area contributed by atoms with Crippen LogP contribution >= 0.6 is 15.9 Å². The van der Waals surface area contributed by atoms with Gasteiger partial charge in [0, 0.05) is 0 Å². The molecule has 0 saturated carbocycles. The molecular formula is C7H6BrF3O2. The van der Waals surface area contributed by atoms with Crippen molar-refractivity contribution in [3.05, 3.63) is 22.1 Å². The summed E-state index contributed by atoms with van der Waals surface area (Å²) in [6, 6.07) is 1.37. The number of aliphatic hydroxyl groups is 1. The molecule has 0 bridgehead atoms. The summed E-state index contributed by atoms with van der Waals surface area (Å²) < 4.78 is 40.8. The first-order valence-electron chi connectivity index (χ1n) is 3.33. The Kier molecular flexibility index (Phi) is 2.72. The molecule has 0 aliphatic heterocycles. The molecule has 1 aromatic rings. The number of aryl methyl sites for hydroxylation is 1. The molecule has 0 amide bonds. The number of furan rings is 1. The lowest BCUT2D eigenvalue weighted by Gasteiger charge is -2.12. The zero-order valence-electron chi connectivity index (χ0n) is 6.52. The van der Waals surface area contributed by atoms with Crippen LogP contribution in [0.25, 0.3) is 0 Å². The first-order valence-corrected chi connectivity index (χ1v) is 4.12. The highest BCUT2D eigenvalue weighted by Gasteiger charge is 2.42. The molecule has 1 N–H and O–H groups in total. The van der Waals surface area contributed by atoms with Gasteiger partial charge in [0.2, 0.25) is 6.10 Å². The minimum atomic E-state index is -4.69. The highest BCUT2D eigenvalue weighted by Crippen LogP contribution is 2.36. The second kappa shape index (κ2) is 3.34. The van der Waals surface area contributed by atoms with Gasteiger partial charge in [0.05, 0.1) is 0 Å². The molecule has 0 aliphatic carbocycles. The van der Waals surface area contributed by atoms with Gasteiger partial charge < -0.3 is 9.52 Å². The predicted octanol–water partition coefficient (Wildman–Crippen LogP) is 2.95. The van der Waals surface area contributed by atoms with E-state index in [1.807, 2.05) is 0 Å².